The summed E-state index contributed by atoms with van der Waals surface area (Å²) in [6, 6.07) is 8.06. The van der Waals surface area contributed by atoms with Crippen LogP contribution in [0.4, 0.5) is 0 Å². The molecule has 1 aromatic carbocycles. The van der Waals surface area contributed by atoms with Crippen LogP contribution in [0.1, 0.15) is 6.42 Å². The molecule has 14 nitrogen and oxygen atoms in total. The number of carbonyl (C=O) groups is 1. The van der Waals surface area contributed by atoms with Gasteiger partial charge in [-0.1, -0.05) is 18.2 Å². The number of para-hydroxylation sites is 1. The normalized spacial score (nSPS) is 25.4. The van der Waals surface area contributed by atoms with Crippen molar-refractivity contribution in [3.05, 3.63) is 30.3 Å². The summed E-state index contributed by atoms with van der Waals surface area (Å²) < 4.78 is 61.4. The van der Waals surface area contributed by atoms with Crippen molar-refractivity contribution in [2.45, 2.75) is 24.6 Å². The lowest BCUT2D eigenvalue weighted by Crippen LogP contribution is -2.32. The number of phosphoric ester groups is 1. The number of hydrogen-bond donors (Lipinski definition) is 4. The summed E-state index contributed by atoms with van der Waals surface area (Å²) in [7, 11) is -14.8. The van der Waals surface area contributed by atoms with E-state index in [2.05, 4.69) is 13.1 Å². The molecule has 4 N–H and O–H groups in total. The third-order valence-corrected chi connectivity index (χ3v) is 7.39. The van der Waals surface area contributed by atoms with Crippen LogP contribution in [0.2, 0.25) is 0 Å². The lowest BCUT2D eigenvalue weighted by Gasteiger charge is -2.21. The molecule has 1 fully saturated rings. The smallest absolute Gasteiger partial charge is 0.482 e. The third kappa shape index (κ3) is 9.94. The predicted octanol–water partition coefficient (Wildman–Crippen LogP) is 0.0686. The maximum absolute atomic E-state index is 12.0. The van der Waals surface area contributed by atoms with Crippen molar-refractivity contribution in [2.75, 3.05) is 13.2 Å². The lowest BCUT2D eigenvalue weighted by atomic mass is 9.96. The molecule has 1 aliphatic heterocycles. The number of carbonyl (C=O) groups excluding carboxylic acids is 1. The number of rotatable bonds is 11. The summed E-state index contributed by atoms with van der Waals surface area (Å²) >= 11 is 0. The lowest BCUT2D eigenvalue weighted by molar-refractivity contribution is -0.154. The topological polar surface area (TPSA) is 205 Å². The molecule has 0 aliphatic carbocycles. The van der Waals surface area contributed by atoms with Crippen LogP contribution in [0.25, 0.3) is 0 Å². The molecule has 0 amide bonds. The minimum atomic E-state index is -5.63. The highest BCUT2D eigenvalue weighted by Crippen LogP contribution is 2.66. The molecule has 5 atom stereocenters. The summed E-state index contributed by atoms with van der Waals surface area (Å²) in [6.07, 6.45) is -1.71. The molecule has 0 bridgehead atoms. The summed E-state index contributed by atoms with van der Waals surface area (Å²) in [4.78, 5) is 47.7. The van der Waals surface area contributed by atoms with Crippen LogP contribution >= 0.6 is 23.5 Å². The number of esters is 1. The molecule has 0 saturated carbocycles. The maximum Gasteiger partial charge on any atom is 0.490 e. The first-order valence-electron chi connectivity index (χ1n) is 8.56. The quantitative estimate of drug-likeness (QED) is 0.179. The number of ether oxygens (including phenoxy) is 3. The van der Waals surface area contributed by atoms with E-state index >= 15 is 0 Å². The van der Waals surface area contributed by atoms with Gasteiger partial charge in [0.05, 0.1) is 6.61 Å². The van der Waals surface area contributed by atoms with E-state index in [1.165, 1.54) is 0 Å². The van der Waals surface area contributed by atoms with Gasteiger partial charge in [-0.05, 0) is 12.1 Å². The van der Waals surface area contributed by atoms with Crippen LogP contribution in [0.15, 0.2) is 30.3 Å². The Morgan fingerprint density at radius 3 is 2.32 bits per heavy atom. The summed E-state index contributed by atoms with van der Waals surface area (Å²) in [6.45, 7) is -1.12. The standard InChI is InChI=1S/C13H20BO14P3/c14-12-6-10(26-13(15)8-23-9-4-2-1-3-5-9)11(25-12)7-24-30(19,20)28-31(21,22)27-29(16,17)18/h1-5,10-12H,6-8,14H2,(H,19,20)(H,21,22)(H2,16,17,18). The highest BCUT2D eigenvalue weighted by molar-refractivity contribution is 7.66. The average Bonchev–Trinajstić information content (AvgIpc) is 2.95. The Hall–Kier alpha value is -1.08. The van der Waals surface area contributed by atoms with E-state index in [0.717, 1.165) is 0 Å². The fraction of sp³-hybridized carbons (Fsp3) is 0.462. The van der Waals surface area contributed by atoms with Gasteiger partial charge in [-0.2, -0.15) is 8.62 Å². The Labute approximate surface area is 177 Å². The molecule has 0 aromatic heterocycles. The van der Waals surface area contributed by atoms with Gasteiger partial charge in [0.1, 0.15) is 25.8 Å². The first-order valence-corrected chi connectivity index (χ1v) is 13.1. The second kappa shape index (κ2) is 10.7. The van der Waals surface area contributed by atoms with Gasteiger partial charge in [0.15, 0.2) is 6.61 Å². The molecular formula is C13H20BO14P3. The van der Waals surface area contributed by atoms with Crippen molar-refractivity contribution in [1.29, 1.82) is 0 Å². The maximum atomic E-state index is 12.0. The van der Waals surface area contributed by atoms with Crippen molar-refractivity contribution in [3.63, 3.8) is 0 Å². The fourth-order valence-corrected chi connectivity index (χ4v) is 5.55. The van der Waals surface area contributed by atoms with Gasteiger partial charge in [0.25, 0.3) is 0 Å². The largest absolute Gasteiger partial charge is 0.490 e. The van der Waals surface area contributed by atoms with Crippen LogP contribution < -0.4 is 4.74 Å². The van der Waals surface area contributed by atoms with Crippen LogP contribution in [-0.2, 0) is 41.1 Å². The van der Waals surface area contributed by atoms with Crippen molar-refractivity contribution in [3.8, 4) is 5.75 Å². The van der Waals surface area contributed by atoms with Gasteiger partial charge < -0.3 is 33.8 Å². The molecule has 1 saturated heterocycles. The zero-order valence-corrected chi connectivity index (χ0v) is 18.6. The van der Waals surface area contributed by atoms with Gasteiger partial charge in [-0.25, -0.2) is 18.5 Å². The Kier molecular flexibility index (Phi) is 9.03. The van der Waals surface area contributed by atoms with Gasteiger partial charge in [-0.3, -0.25) is 4.52 Å². The summed E-state index contributed by atoms with van der Waals surface area (Å²) in [5.41, 5.74) is 0. The van der Waals surface area contributed by atoms with E-state index in [4.69, 9.17) is 28.9 Å². The Balaban J connectivity index is 1.87. The highest BCUT2D eigenvalue weighted by atomic mass is 31.3. The van der Waals surface area contributed by atoms with Crippen molar-refractivity contribution in [2.24, 2.45) is 0 Å². The Morgan fingerprint density at radius 1 is 1.06 bits per heavy atom. The monoisotopic (exact) mass is 504 g/mol. The first-order chi connectivity index (χ1) is 14.2. The van der Waals surface area contributed by atoms with Crippen LogP contribution in [0, 0.1) is 0 Å². The van der Waals surface area contributed by atoms with Gasteiger partial charge in [-0.15, -0.1) is 0 Å². The number of benzene rings is 1. The zero-order valence-electron chi connectivity index (χ0n) is 16.0. The van der Waals surface area contributed by atoms with Crippen molar-refractivity contribution >= 4 is 37.3 Å². The average molecular weight is 504 g/mol. The molecular weight excluding hydrogens is 484 g/mol. The molecule has 1 heterocycles. The van der Waals surface area contributed by atoms with Crippen molar-refractivity contribution < 1.29 is 65.4 Å². The van der Waals surface area contributed by atoms with Crippen LogP contribution in [-0.4, -0.2) is 64.8 Å². The molecule has 1 aliphatic rings. The van der Waals surface area contributed by atoms with Crippen LogP contribution in [0.3, 0.4) is 0 Å². The first kappa shape index (κ1) is 26.2. The SMILES string of the molecule is BC1CC(OC(=O)COc2ccccc2)C(COP(=O)(O)OP(=O)(O)OP(=O)(O)O)O1. The summed E-state index contributed by atoms with van der Waals surface area (Å²) in [5, 5.41) is 0. The van der Waals surface area contributed by atoms with Gasteiger partial charge in [0.2, 0.25) is 0 Å². The fourth-order valence-electron chi connectivity index (χ4n) is 2.52. The van der Waals surface area contributed by atoms with Crippen molar-refractivity contribution in [1.82, 2.24) is 0 Å². The van der Waals surface area contributed by atoms with E-state index in [-0.39, 0.29) is 6.42 Å². The third-order valence-electron chi connectivity index (χ3n) is 3.59. The van der Waals surface area contributed by atoms with E-state index in [1.54, 1.807) is 38.2 Å². The molecule has 0 radical (unpaired) electrons. The highest BCUT2D eigenvalue weighted by Gasteiger charge is 2.43. The Bertz CT molecular complexity index is 891. The second-order valence-electron chi connectivity index (χ2n) is 6.24. The molecule has 1 aromatic rings. The predicted molar refractivity (Wildman–Crippen MR) is 103 cm³/mol. The number of phosphoric acid groups is 3. The van der Waals surface area contributed by atoms with E-state index in [9.17, 15) is 23.4 Å². The molecule has 174 valence electrons. The molecule has 0 spiro atoms. The van der Waals surface area contributed by atoms with Gasteiger partial charge in [0, 0.05) is 12.4 Å². The molecule has 31 heavy (non-hydrogen) atoms. The van der Waals surface area contributed by atoms with E-state index < -0.39 is 60.9 Å². The molecule has 2 rings (SSSR count). The molecule has 18 heteroatoms. The summed E-state index contributed by atoms with van der Waals surface area (Å²) in [5.74, 6) is -0.297. The Morgan fingerprint density at radius 2 is 1.71 bits per heavy atom. The zero-order chi connectivity index (χ0) is 23.3. The minimum Gasteiger partial charge on any atom is -0.482 e. The van der Waals surface area contributed by atoms with Crippen LogP contribution in [0.5, 0.6) is 5.75 Å². The van der Waals surface area contributed by atoms with Gasteiger partial charge >= 0.3 is 29.4 Å². The van der Waals surface area contributed by atoms with E-state index in [1.807, 2.05) is 0 Å². The number of hydrogen-bond acceptors (Lipinski definition) is 10. The molecule has 5 unspecified atom stereocenters. The second-order valence-corrected chi connectivity index (χ2v) is 10.7. The van der Waals surface area contributed by atoms with E-state index in [0.29, 0.717) is 5.75 Å². The minimum absolute atomic E-state index is 0.224.